The van der Waals surface area contributed by atoms with Gasteiger partial charge in [-0.1, -0.05) is 0 Å². The van der Waals surface area contributed by atoms with E-state index in [1.807, 2.05) is 0 Å². The number of nitro groups is 1. The van der Waals surface area contributed by atoms with Crippen molar-refractivity contribution in [3.63, 3.8) is 0 Å². The molecule has 0 atom stereocenters. The molecule has 2 rings (SSSR count). The SMILES string of the molecule is Nc1nc(NC2CC2)nc(N)c1[N+](=O)[O-]. The van der Waals surface area contributed by atoms with Crippen molar-refractivity contribution in [2.45, 2.75) is 18.9 Å². The Hall–Kier alpha value is -2.12. The summed E-state index contributed by atoms with van der Waals surface area (Å²) in [4.78, 5) is 17.4. The van der Waals surface area contributed by atoms with Gasteiger partial charge in [0.15, 0.2) is 0 Å². The first kappa shape index (κ1) is 9.44. The topological polar surface area (TPSA) is 133 Å². The van der Waals surface area contributed by atoms with E-state index in [1.165, 1.54) is 0 Å². The summed E-state index contributed by atoms with van der Waals surface area (Å²) in [5.74, 6) is -0.176. The molecule has 1 aliphatic rings. The van der Waals surface area contributed by atoms with E-state index in [-0.39, 0.29) is 17.6 Å². The molecule has 0 spiro atoms. The molecule has 1 aromatic heterocycles. The van der Waals surface area contributed by atoms with Crippen LogP contribution >= 0.6 is 0 Å². The molecule has 0 bridgehead atoms. The normalized spacial score (nSPS) is 14.9. The van der Waals surface area contributed by atoms with Gasteiger partial charge in [0.1, 0.15) is 0 Å². The molecule has 8 nitrogen and oxygen atoms in total. The standard InChI is InChI=1S/C7H10N6O2/c8-5-4(13(14)15)6(9)12-7(11-5)10-3-1-2-3/h3H,1-2H2,(H5,8,9,10,11,12). The largest absolute Gasteiger partial charge is 0.378 e. The highest BCUT2D eigenvalue weighted by Gasteiger charge is 2.25. The fourth-order valence-electron chi connectivity index (χ4n) is 1.15. The molecule has 0 aliphatic heterocycles. The maximum atomic E-state index is 10.5. The highest BCUT2D eigenvalue weighted by atomic mass is 16.6. The van der Waals surface area contributed by atoms with Gasteiger partial charge in [-0.15, -0.1) is 0 Å². The van der Waals surface area contributed by atoms with E-state index in [9.17, 15) is 10.1 Å². The predicted molar refractivity (Wildman–Crippen MR) is 54.2 cm³/mol. The minimum absolute atomic E-state index is 0.212. The van der Waals surface area contributed by atoms with Crippen molar-refractivity contribution < 1.29 is 4.92 Å². The molecular weight excluding hydrogens is 200 g/mol. The highest BCUT2D eigenvalue weighted by Crippen LogP contribution is 2.28. The van der Waals surface area contributed by atoms with Crippen molar-refractivity contribution in [1.29, 1.82) is 0 Å². The number of anilines is 3. The van der Waals surface area contributed by atoms with Crippen molar-refractivity contribution in [3.8, 4) is 0 Å². The maximum Gasteiger partial charge on any atom is 0.352 e. The first-order chi connectivity index (χ1) is 7.08. The van der Waals surface area contributed by atoms with Gasteiger partial charge in [0.2, 0.25) is 17.6 Å². The lowest BCUT2D eigenvalue weighted by Gasteiger charge is -2.05. The second-order valence-electron chi connectivity index (χ2n) is 3.34. The summed E-state index contributed by atoms with van der Waals surface area (Å²) >= 11 is 0. The summed E-state index contributed by atoms with van der Waals surface area (Å²) in [5.41, 5.74) is 10.4. The number of nitrogens with zero attached hydrogens (tertiary/aromatic N) is 3. The van der Waals surface area contributed by atoms with Gasteiger partial charge in [-0.25, -0.2) is 0 Å². The number of hydrogen-bond donors (Lipinski definition) is 3. The molecule has 0 saturated heterocycles. The van der Waals surface area contributed by atoms with E-state index in [0.717, 1.165) is 12.8 Å². The molecule has 1 saturated carbocycles. The average molecular weight is 210 g/mol. The lowest BCUT2D eigenvalue weighted by molar-refractivity contribution is -0.383. The minimum Gasteiger partial charge on any atom is -0.378 e. The number of nitrogen functional groups attached to an aromatic ring is 2. The Kier molecular flexibility index (Phi) is 2.03. The van der Waals surface area contributed by atoms with Gasteiger partial charge in [-0.2, -0.15) is 9.97 Å². The van der Waals surface area contributed by atoms with Crippen molar-refractivity contribution in [2.75, 3.05) is 16.8 Å². The molecule has 1 fully saturated rings. The lowest BCUT2D eigenvalue weighted by Crippen LogP contribution is -2.11. The van der Waals surface area contributed by atoms with Crippen LogP contribution in [0, 0.1) is 10.1 Å². The third kappa shape index (κ3) is 1.87. The molecular formula is C7H10N6O2. The second-order valence-corrected chi connectivity index (χ2v) is 3.34. The van der Waals surface area contributed by atoms with Crippen LogP contribution in [0.3, 0.4) is 0 Å². The van der Waals surface area contributed by atoms with Gasteiger partial charge >= 0.3 is 5.69 Å². The molecule has 0 unspecified atom stereocenters. The van der Waals surface area contributed by atoms with Crippen molar-refractivity contribution >= 4 is 23.3 Å². The summed E-state index contributed by atoms with van der Waals surface area (Å²) in [5, 5.41) is 13.5. The molecule has 1 aliphatic carbocycles. The number of aromatic nitrogens is 2. The molecule has 8 heteroatoms. The van der Waals surface area contributed by atoms with Crippen LogP contribution in [0.1, 0.15) is 12.8 Å². The summed E-state index contributed by atoms with van der Waals surface area (Å²) in [6.07, 6.45) is 2.08. The molecule has 5 N–H and O–H groups in total. The molecule has 0 radical (unpaired) electrons. The van der Waals surface area contributed by atoms with Crippen LogP contribution < -0.4 is 16.8 Å². The van der Waals surface area contributed by atoms with Gasteiger partial charge in [-0.05, 0) is 12.8 Å². The lowest BCUT2D eigenvalue weighted by atomic mass is 10.4. The zero-order chi connectivity index (χ0) is 11.0. The number of hydrogen-bond acceptors (Lipinski definition) is 7. The first-order valence-electron chi connectivity index (χ1n) is 4.42. The summed E-state index contributed by atoms with van der Waals surface area (Å²) in [6, 6.07) is 0.338. The van der Waals surface area contributed by atoms with Gasteiger partial charge < -0.3 is 16.8 Å². The monoisotopic (exact) mass is 210 g/mol. The Balaban J connectivity index is 2.32. The van der Waals surface area contributed by atoms with Crippen LogP contribution in [0.15, 0.2) is 0 Å². The molecule has 1 heterocycles. The molecule has 15 heavy (non-hydrogen) atoms. The summed E-state index contributed by atoms with van der Waals surface area (Å²) in [6.45, 7) is 0. The minimum atomic E-state index is -0.689. The summed E-state index contributed by atoms with van der Waals surface area (Å²) < 4.78 is 0. The van der Waals surface area contributed by atoms with Crippen LogP contribution in [0.4, 0.5) is 23.3 Å². The van der Waals surface area contributed by atoms with Crippen LogP contribution in [0.25, 0.3) is 0 Å². The predicted octanol–water partition coefficient (Wildman–Crippen LogP) is 0.124. The maximum absolute atomic E-state index is 10.5. The zero-order valence-corrected chi connectivity index (χ0v) is 7.80. The van der Waals surface area contributed by atoms with E-state index < -0.39 is 10.6 Å². The van der Waals surface area contributed by atoms with Crippen molar-refractivity contribution in [1.82, 2.24) is 9.97 Å². The van der Waals surface area contributed by atoms with Gasteiger partial charge in [-0.3, -0.25) is 10.1 Å². The Morgan fingerprint density at radius 3 is 2.27 bits per heavy atom. The first-order valence-corrected chi connectivity index (χ1v) is 4.42. The van der Waals surface area contributed by atoms with Crippen LogP contribution in [-0.2, 0) is 0 Å². The Morgan fingerprint density at radius 2 is 1.87 bits per heavy atom. The average Bonchev–Trinajstić information content (AvgIpc) is 2.85. The van der Waals surface area contributed by atoms with Gasteiger partial charge in [0, 0.05) is 6.04 Å². The summed E-state index contributed by atoms with van der Waals surface area (Å²) in [7, 11) is 0. The second kappa shape index (κ2) is 3.23. The fraction of sp³-hybridized carbons (Fsp3) is 0.429. The van der Waals surface area contributed by atoms with Crippen LogP contribution in [0.2, 0.25) is 0 Å². The van der Waals surface area contributed by atoms with E-state index in [2.05, 4.69) is 15.3 Å². The molecule has 1 aromatic rings. The Morgan fingerprint density at radius 1 is 1.33 bits per heavy atom. The molecule has 0 aromatic carbocycles. The Bertz CT molecular complexity index is 393. The number of nitrogens with one attached hydrogen (secondary N) is 1. The highest BCUT2D eigenvalue weighted by molar-refractivity contribution is 5.67. The van der Waals surface area contributed by atoms with Crippen LogP contribution in [-0.4, -0.2) is 20.9 Å². The fourth-order valence-corrected chi connectivity index (χ4v) is 1.15. The third-order valence-electron chi connectivity index (χ3n) is 2.03. The van der Waals surface area contributed by atoms with E-state index in [4.69, 9.17) is 11.5 Å². The quantitative estimate of drug-likeness (QED) is 0.476. The van der Waals surface area contributed by atoms with Crippen molar-refractivity contribution in [3.05, 3.63) is 10.1 Å². The van der Waals surface area contributed by atoms with Gasteiger partial charge in [0.05, 0.1) is 4.92 Å². The van der Waals surface area contributed by atoms with E-state index >= 15 is 0 Å². The van der Waals surface area contributed by atoms with E-state index in [0.29, 0.717) is 6.04 Å². The van der Waals surface area contributed by atoms with E-state index in [1.54, 1.807) is 0 Å². The smallest absolute Gasteiger partial charge is 0.352 e. The third-order valence-corrected chi connectivity index (χ3v) is 2.03. The number of nitrogens with two attached hydrogens (primary N) is 2. The van der Waals surface area contributed by atoms with Gasteiger partial charge in [0.25, 0.3) is 0 Å². The molecule has 80 valence electrons. The van der Waals surface area contributed by atoms with Crippen LogP contribution in [0.5, 0.6) is 0 Å². The molecule has 0 amide bonds. The Labute approximate surface area is 84.8 Å². The van der Waals surface area contributed by atoms with Crippen molar-refractivity contribution in [2.24, 2.45) is 0 Å². The number of rotatable bonds is 3. The zero-order valence-electron chi connectivity index (χ0n) is 7.80.